The van der Waals surface area contributed by atoms with Gasteiger partial charge >= 0.3 is 0 Å². The molecule has 1 heterocycles. The molecular formula is C27H25NO3S2. The number of carbonyl (C=O) groups is 1. The Morgan fingerprint density at radius 1 is 0.909 bits per heavy atom. The maximum Gasteiger partial charge on any atom is 0.266 e. The molecule has 0 spiro atoms. The molecule has 4 nitrogen and oxygen atoms in total. The molecule has 33 heavy (non-hydrogen) atoms. The van der Waals surface area contributed by atoms with Gasteiger partial charge in [-0.05, 0) is 48.2 Å². The normalized spacial score (nSPS) is 14.7. The third kappa shape index (κ3) is 6.03. The summed E-state index contributed by atoms with van der Waals surface area (Å²) in [7, 11) is 0. The van der Waals surface area contributed by atoms with Crippen molar-refractivity contribution in [3.8, 4) is 11.5 Å². The molecule has 1 saturated heterocycles. The second-order valence-corrected chi connectivity index (χ2v) is 9.16. The third-order valence-corrected chi connectivity index (χ3v) is 6.52. The lowest BCUT2D eigenvalue weighted by Gasteiger charge is -2.14. The summed E-state index contributed by atoms with van der Waals surface area (Å²) in [5.41, 5.74) is 3.14. The van der Waals surface area contributed by atoms with Gasteiger partial charge in [-0.1, -0.05) is 90.7 Å². The lowest BCUT2D eigenvalue weighted by molar-refractivity contribution is -0.122. The highest BCUT2D eigenvalue weighted by molar-refractivity contribution is 8.26. The highest BCUT2D eigenvalue weighted by atomic mass is 32.2. The fourth-order valence-electron chi connectivity index (χ4n) is 3.47. The van der Waals surface area contributed by atoms with Gasteiger partial charge < -0.3 is 9.47 Å². The van der Waals surface area contributed by atoms with Crippen LogP contribution in [0, 0.1) is 0 Å². The van der Waals surface area contributed by atoms with Gasteiger partial charge in [0, 0.05) is 6.54 Å². The SMILES string of the molecule is CCOc1cc(C=C2SC(=S)N(CCc3ccccc3)C2=O)ccc1OCc1ccccc1. The zero-order chi connectivity index (χ0) is 23.0. The summed E-state index contributed by atoms with van der Waals surface area (Å²) in [6.45, 7) is 3.49. The Kier molecular flexibility index (Phi) is 7.81. The molecule has 1 fully saturated rings. The van der Waals surface area contributed by atoms with E-state index in [1.807, 2.05) is 79.7 Å². The van der Waals surface area contributed by atoms with Gasteiger partial charge in [0.15, 0.2) is 11.5 Å². The van der Waals surface area contributed by atoms with Gasteiger partial charge in [-0.25, -0.2) is 0 Å². The molecule has 0 N–H and O–H groups in total. The minimum absolute atomic E-state index is 0.0525. The largest absolute Gasteiger partial charge is 0.490 e. The maximum absolute atomic E-state index is 13.0. The number of benzene rings is 3. The quantitative estimate of drug-likeness (QED) is 0.276. The number of thioether (sulfide) groups is 1. The predicted molar refractivity (Wildman–Crippen MR) is 138 cm³/mol. The van der Waals surface area contributed by atoms with E-state index in [-0.39, 0.29) is 5.91 Å². The van der Waals surface area contributed by atoms with Crippen LogP contribution < -0.4 is 9.47 Å². The number of hydrogen-bond acceptors (Lipinski definition) is 5. The first-order chi connectivity index (χ1) is 16.1. The van der Waals surface area contributed by atoms with E-state index < -0.39 is 0 Å². The Hall–Kier alpha value is -3.09. The molecule has 1 aliphatic rings. The fourth-order valence-corrected chi connectivity index (χ4v) is 4.78. The molecular weight excluding hydrogens is 450 g/mol. The van der Waals surface area contributed by atoms with Gasteiger partial charge in [-0.3, -0.25) is 9.69 Å². The first-order valence-corrected chi connectivity index (χ1v) is 12.1. The van der Waals surface area contributed by atoms with E-state index in [2.05, 4.69) is 12.1 Å². The molecule has 0 saturated carbocycles. The van der Waals surface area contributed by atoms with Crippen molar-refractivity contribution in [3.05, 3.63) is 100 Å². The number of thiocarbonyl (C=S) groups is 1. The van der Waals surface area contributed by atoms with Gasteiger partial charge in [0.25, 0.3) is 5.91 Å². The number of hydrogen-bond donors (Lipinski definition) is 0. The molecule has 168 valence electrons. The average Bonchev–Trinajstić information content (AvgIpc) is 3.10. The molecule has 0 radical (unpaired) electrons. The van der Waals surface area contributed by atoms with Crippen molar-refractivity contribution in [1.82, 2.24) is 4.90 Å². The van der Waals surface area contributed by atoms with E-state index >= 15 is 0 Å². The molecule has 0 aliphatic carbocycles. The molecule has 0 unspecified atom stereocenters. The molecule has 0 aromatic heterocycles. The standard InChI is InChI=1S/C27H25NO3S2/c1-2-30-24-17-22(13-14-23(24)31-19-21-11-7-4-8-12-21)18-25-26(29)28(27(32)33-25)16-15-20-9-5-3-6-10-20/h3-14,17-18H,2,15-16,19H2,1H3. The number of nitrogens with zero attached hydrogens (tertiary/aromatic N) is 1. The summed E-state index contributed by atoms with van der Waals surface area (Å²) in [5.74, 6) is 1.28. The Bertz CT molecular complexity index is 1150. The summed E-state index contributed by atoms with van der Waals surface area (Å²) in [5, 5.41) is 0. The van der Waals surface area contributed by atoms with Gasteiger partial charge in [0.05, 0.1) is 11.5 Å². The van der Waals surface area contributed by atoms with Crippen LogP contribution in [0.5, 0.6) is 11.5 Å². The Labute approximate surface area is 204 Å². The highest BCUT2D eigenvalue weighted by Crippen LogP contribution is 2.35. The Morgan fingerprint density at radius 3 is 2.30 bits per heavy atom. The van der Waals surface area contributed by atoms with E-state index in [1.165, 1.54) is 17.3 Å². The van der Waals surface area contributed by atoms with E-state index in [0.717, 1.165) is 17.5 Å². The van der Waals surface area contributed by atoms with Crippen LogP contribution in [0.1, 0.15) is 23.6 Å². The average molecular weight is 476 g/mol. The van der Waals surface area contributed by atoms with E-state index in [1.54, 1.807) is 4.90 Å². The first-order valence-electron chi connectivity index (χ1n) is 10.9. The Balaban J connectivity index is 1.46. The summed E-state index contributed by atoms with van der Waals surface area (Å²) >= 11 is 6.82. The molecule has 3 aromatic carbocycles. The first kappa shape index (κ1) is 23.1. The summed E-state index contributed by atoms with van der Waals surface area (Å²) in [4.78, 5) is 15.3. The van der Waals surface area contributed by atoms with Crippen LogP contribution in [0.3, 0.4) is 0 Å². The topological polar surface area (TPSA) is 38.8 Å². The molecule has 0 atom stereocenters. The van der Waals surface area contributed by atoms with Crippen LogP contribution in [0.25, 0.3) is 6.08 Å². The van der Waals surface area contributed by atoms with Crippen molar-refractivity contribution in [2.45, 2.75) is 20.0 Å². The highest BCUT2D eigenvalue weighted by Gasteiger charge is 2.31. The fraction of sp³-hybridized carbons (Fsp3) is 0.185. The number of carbonyl (C=O) groups excluding carboxylic acids is 1. The van der Waals surface area contributed by atoms with Crippen molar-refractivity contribution in [2.75, 3.05) is 13.2 Å². The van der Waals surface area contributed by atoms with Gasteiger partial charge in [-0.2, -0.15) is 0 Å². The van der Waals surface area contributed by atoms with Crippen molar-refractivity contribution in [1.29, 1.82) is 0 Å². The van der Waals surface area contributed by atoms with Crippen LogP contribution in [-0.4, -0.2) is 28.3 Å². The van der Waals surface area contributed by atoms with Crippen molar-refractivity contribution in [2.24, 2.45) is 0 Å². The second-order valence-electron chi connectivity index (χ2n) is 7.48. The van der Waals surface area contributed by atoms with Crippen molar-refractivity contribution in [3.63, 3.8) is 0 Å². The molecule has 1 amide bonds. The zero-order valence-electron chi connectivity index (χ0n) is 18.4. The molecule has 4 rings (SSSR count). The maximum atomic E-state index is 13.0. The van der Waals surface area contributed by atoms with E-state index in [9.17, 15) is 4.79 Å². The Morgan fingerprint density at radius 2 is 1.61 bits per heavy atom. The van der Waals surface area contributed by atoms with Crippen molar-refractivity contribution < 1.29 is 14.3 Å². The zero-order valence-corrected chi connectivity index (χ0v) is 20.0. The van der Waals surface area contributed by atoms with Crippen LogP contribution >= 0.6 is 24.0 Å². The number of ether oxygens (including phenoxy) is 2. The lowest BCUT2D eigenvalue weighted by Crippen LogP contribution is -2.30. The minimum Gasteiger partial charge on any atom is -0.490 e. The number of amides is 1. The molecule has 1 aliphatic heterocycles. The van der Waals surface area contributed by atoms with E-state index in [4.69, 9.17) is 21.7 Å². The van der Waals surface area contributed by atoms with Crippen LogP contribution in [-0.2, 0) is 17.8 Å². The molecule has 3 aromatic rings. The molecule has 6 heteroatoms. The third-order valence-electron chi connectivity index (χ3n) is 5.14. The second kappa shape index (κ2) is 11.2. The van der Waals surface area contributed by atoms with Gasteiger partial charge in [0.2, 0.25) is 0 Å². The van der Waals surface area contributed by atoms with Crippen molar-refractivity contribution >= 4 is 40.3 Å². The smallest absolute Gasteiger partial charge is 0.266 e. The summed E-state index contributed by atoms with van der Waals surface area (Å²) < 4.78 is 12.4. The minimum atomic E-state index is -0.0525. The lowest BCUT2D eigenvalue weighted by atomic mass is 10.1. The monoisotopic (exact) mass is 475 g/mol. The number of rotatable bonds is 9. The van der Waals surface area contributed by atoms with Crippen LogP contribution in [0.15, 0.2) is 83.8 Å². The predicted octanol–water partition coefficient (Wildman–Crippen LogP) is 6.11. The summed E-state index contributed by atoms with van der Waals surface area (Å²) in [6, 6.07) is 25.8. The van der Waals surface area contributed by atoms with Crippen LogP contribution in [0.4, 0.5) is 0 Å². The summed E-state index contributed by atoms with van der Waals surface area (Å²) in [6.07, 6.45) is 2.63. The van der Waals surface area contributed by atoms with E-state index in [0.29, 0.717) is 40.5 Å². The van der Waals surface area contributed by atoms with Gasteiger partial charge in [0.1, 0.15) is 10.9 Å². The molecule has 0 bridgehead atoms. The van der Waals surface area contributed by atoms with Gasteiger partial charge in [-0.15, -0.1) is 0 Å². The van der Waals surface area contributed by atoms with Crippen LogP contribution in [0.2, 0.25) is 0 Å².